The molecule has 0 radical (unpaired) electrons. The first-order valence-corrected chi connectivity index (χ1v) is 10.9. The fraction of sp³-hybridized carbons (Fsp3) is 0.167. The lowest BCUT2D eigenvalue weighted by Gasteiger charge is -2.16. The van der Waals surface area contributed by atoms with Crippen LogP contribution in [0.25, 0.3) is 16.9 Å². The van der Waals surface area contributed by atoms with E-state index in [0.29, 0.717) is 6.20 Å². The fourth-order valence-electron chi connectivity index (χ4n) is 3.69. The highest BCUT2D eigenvalue weighted by Crippen LogP contribution is 2.32. The molecule has 4 rings (SSSR count). The van der Waals surface area contributed by atoms with Gasteiger partial charge in [-0.3, -0.25) is 9.20 Å². The number of alkyl halides is 3. The lowest BCUT2D eigenvalue weighted by Crippen LogP contribution is -2.23. The van der Waals surface area contributed by atoms with Gasteiger partial charge in [-0.1, -0.05) is 11.6 Å². The molecule has 0 aliphatic carbocycles. The molecule has 3 aromatic heterocycles. The molecule has 0 fully saturated rings. The van der Waals surface area contributed by atoms with Crippen molar-refractivity contribution in [3.05, 3.63) is 86.3 Å². The number of nitrogens with zero attached hydrogens (tertiary/aromatic N) is 3. The summed E-state index contributed by atoms with van der Waals surface area (Å²) in [5.74, 6) is -1.94. The lowest BCUT2D eigenvalue weighted by atomic mass is 10.1. The number of aromatic carboxylic acids is 1. The van der Waals surface area contributed by atoms with Gasteiger partial charge in [0.2, 0.25) is 0 Å². The van der Waals surface area contributed by atoms with Crippen molar-refractivity contribution in [3.63, 3.8) is 0 Å². The number of pyridine rings is 2. The molecule has 37 heavy (non-hydrogen) atoms. The summed E-state index contributed by atoms with van der Waals surface area (Å²) in [4.78, 5) is 32.7. The predicted octanol–water partition coefficient (Wildman–Crippen LogP) is 5.20. The standard InChI is InChI=1S/C24H17ClF4N4O4/c1-11-19(15-4-3-14(37-2)8-16(15)26)32-21-12(7-13(24(27,28)29)10-33(21)22(11)34)9-30-17-5-6-18(25)31-20(17)23(35)36/h3-8,10,30H,9H2,1-2H3,(H,35,36). The maximum Gasteiger partial charge on any atom is 0.417 e. The highest BCUT2D eigenvalue weighted by molar-refractivity contribution is 6.29. The molecule has 0 bridgehead atoms. The maximum atomic E-state index is 14.8. The Hall–Kier alpha value is -4.19. The Morgan fingerprint density at radius 1 is 1.19 bits per heavy atom. The van der Waals surface area contributed by atoms with Crippen LogP contribution in [-0.4, -0.2) is 32.6 Å². The van der Waals surface area contributed by atoms with Gasteiger partial charge < -0.3 is 15.2 Å². The van der Waals surface area contributed by atoms with Crippen LogP contribution in [-0.2, 0) is 12.7 Å². The van der Waals surface area contributed by atoms with Gasteiger partial charge >= 0.3 is 12.1 Å². The van der Waals surface area contributed by atoms with Gasteiger partial charge in [0.1, 0.15) is 22.4 Å². The van der Waals surface area contributed by atoms with E-state index in [0.717, 1.165) is 16.5 Å². The van der Waals surface area contributed by atoms with Crippen LogP contribution < -0.4 is 15.6 Å². The molecule has 0 spiro atoms. The Kier molecular flexibility index (Phi) is 6.78. The molecule has 0 atom stereocenters. The number of rotatable bonds is 6. The first-order valence-electron chi connectivity index (χ1n) is 10.5. The number of carbonyl (C=O) groups is 1. The average molecular weight is 537 g/mol. The largest absolute Gasteiger partial charge is 0.497 e. The van der Waals surface area contributed by atoms with E-state index in [2.05, 4.69) is 15.3 Å². The number of fused-ring (bicyclic) bond motifs is 1. The summed E-state index contributed by atoms with van der Waals surface area (Å²) in [7, 11) is 1.35. The molecular weight excluding hydrogens is 520 g/mol. The minimum atomic E-state index is -4.80. The van der Waals surface area contributed by atoms with E-state index < -0.39 is 34.8 Å². The van der Waals surface area contributed by atoms with Crippen molar-refractivity contribution in [2.75, 3.05) is 12.4 Å². The second-order valence-corrected chi connectivity index (χ2v) is 8.26. The van der Waals surface area contributed by atoms with E-state index in [-0.39, 0.29) is 51.2 Å². The number of hydrogen-bond donors (Lipinski definition) is 2. The molecule has 0 saturated carbocycles. The number of anilines is 1. The van der Waals surface area contributed by atoms with Crippen LogP contribution >= 0.6 is 11.6 Å². The Balaban J connectivity index is 1.92. The maximum absolute atomic E-state index is 14.8. The first kappa shape index (κ1) is 25.9. The van der Waals surface area contributed by atoms with Gasteiger partial charge in [-0.05, 0) is 37.3 Å². The van der Waals surface area contributed by atoms with E-state index in [1.165, 1.54) is 38.3 Å². The summed E-state index contributed by atoms with van der Waals surface area (Å²) < 4.78 is 61.5. The van der Waals surface area contributed by atoms with Crippen LogP contribution in [0.5, 0.6) is 5.75 Å². The second-order valence-electron chi connectivity index (χ2n) is 7.87. The third-order valence-corrected chi connectivity index (χ3v) is 5.73. The van der Waals surface area contributed by atoms with Crippen molar-refractivity contribution in [2.24, 2.45) is 0 Å². The number of aromatic nitrogens is 3. The van der Waals surface area contributed by atoms with Crippen LogP contribution in [0.4, 0.5) is 23.2 Å². The topological polar surface area (TPSA) is 106 Å². The fourth-order valence-corrected chi connectivity index (χ4v) is 3.84. The van der Waals surface area contributed by atoms with Crippen molar-refractivity contribution in [2.45, 2.75) is 19.6 Å². The number of nitrogens with one attached hydrogen (secondary N) is 1. The predicted molar refractivity (Wildman–Crippen MR) is 127 cm³/mol. The highest BCUT2D eigenvalue weighted by atomic mass is 35.5. The Morgan fingerprint density at radius 2 is 1.92 bits per heavy atom. The summed E-state index contributed by atoms with van der Waals surface area (Å²) in [6.45, 7) is 0.953. The molecule has 0 saturated heterocycles. The summed E-state index contributed by atoms with van der Waals surface area (Å²) >= 11 is 5.75. The Bertz CT molecular complexity index is 1600. The summed E-state index contributed by atoms with van der Waals surface area (Å²) in [6.07, 6.45) is -4.19. The SMILES string of the molecule is COc1ccc(-c2nc3c(CNc4ccc(Cl)nc4C(=O)O)cc(C(F)(F)F)cn3c(=O)c2C)c(F)c1. The van der Waals surface area contributed by atoms with Crippen molar-refractivity contribution in [1.82, 2.24) is 14.4 Å². The van der Waals surface area contributed by atoms with E-state index in [1.54, 1.807) is 0 Å². The van der Waals surface area contributed by atoms with Crippen molar-refractivity contribution in [3.8, 4) is 17.0 Å². The normalized spacial score (nSPS) is 11.5. The van der Waals surface area contributed by atoms with Crippen LogP contribution in [0.15, 0.2) is 47.4 Å². The zero-order chi connectivity index (χ0) is 27.1. The highest BCUT2D eigenvalue weighted by Gasteiger charge is 2.32. The van der Waals surface area contributed by atoms with E-state index >= 15 is 0 Å². The molecule has 3 heterocycles. The lowest BCUT2D eigenvalue weighted by molar-refractivity contribution is -0.137. The number of benzene rings is 1. The third kappa shape index (κ3) is 5.05. The number of methoxy groups -OCH3 is 1. The average Bonchev–Trinajstić information content (AvgIpc) is 2.84. The van der Waals surface area contributed by atoms with Gasteiger partial charge in [-0.2, -0.15) is 13.2 Å². The minimum Gasteiger partial charge on any atom is -0.497 e. The van der Waals surface area contributed by atoms with Gasteiger partial charge in [0.25, 0.3) is 5.56 Å². The number of hydrogen-bond acceptors (Lipinski definition) is 6. The second kappa shape index (κ2) is 9.69. The van der Waals surface area contributed by atoms with Crippen molar-refractivity contribution in [1.29, 1.82) is 0 Å². The molecule has 1 aromatic carbocycles. The summed E-state index contributed by atoms with van der Waals surface area (Å²) in [5.41, 5.74) is -2.91. The molecular formula is C24H17ClF4N4O4. The Morgan fingerprint density at radius 3 is 2.54 bits per heavy atom. The van der Waals surface area contributed by atoms with Crippen LogP contribution in [0.1, 0.15) is 27.2 Å². The number of ether oxygens (including phenoxy) is 1. The smallest absolute Gasteiger partial charge is 0.417 e. The molecule has 0 aliphatic rings. The molecule has 0 amide bonds. The molecule has 13 heteroatoms. The molecule has 0 unspecified atom stereocenters. The van der Waals surface area contributed by atoms with E-state index in [4.69, 9.17) is 16.3 Å². The van der Waals surface area contributed by atoms with Crippen molar-refractivity contribution < 1.29 is 32.2 Å². The van der Waals surface area contributed by atoms with Gasteiger partial charge in [0.15, 0.2) is 5.69 Å². The number of halogens is 5. The van der Waals surface area contributed by atoms with Gasteiger partial charge in [0.05, 0.1) is 24.1 Å². The quantitative estimate of drug-likeness (QED) is 0.258. The molecule has 2 N–H and O–H groups in total. The van der Waals surface area contributed by atoms with Gasteiger partial charge in [-0.25, -0.2) is 19.2 Å². The molecule has 192 valence electrons. The van der Waals surface area contributed by atoms with Crippen molar-refractivity contribution >= 4 is 28.9 Å². The van der Waals surface area contributed by atoms with Gasteiger partial charge in [-0.15, -0.1) is 0 Å². The Labute approximate surface area is 211 Å². The van der Waals surface area contributed by atoms with Gasteiger partial charge in [0, 0.05) is 35.5 Å². The van der Waals surface area contributed by atoms with E-state index in [1.807, 2.05) is 0 Å². The molecule has 0 aliphatic heterocycles. The zero-order valence-electron chi connectivity index (χ0n) is 19.2. The molecule has 8 nitrogen and oxygen atoms in total. The first-order chi connectivity index (χ1) is 17.4. The minimum absolute atomic E-state index is 0.0247. The van der Waals surface area contributed by atoms with E-state index in [9.17, 15) is 32.3 Å². The summed E-state index contributed by atoms with van der Waals surface area (Å²) in [6, 6.07) is 7.28. The summed E-state index contributed by atoms with van der Waals surface area (Å²) in [5, 5.41) is 12.0. The van der Waals surface area contributed by atoms with Crippen LogP contribution in [0.3, 0.4) is 0 Å². The number of carboxylic acids is 1. The zero-order valence-corrected chi connectivity index (χ0v) is 19.9. The van der Waals surface area contributed by atoms with Crippen LogP contribution in [0.2, 0.25) is 5.15 Å². The monoisotopic (exact) mass is 536 g/mol. The number of carboxylic acid groups (broad SMARTS) is 1. The van der Waals surface area contributed by atoms with Crippen LogP contribution in [0, 0.1) is 12.7 Å². The third-order valence-electron chi connectivity index (χ3n) is 5.52. The molecule has 4 aromatic rings.